The van der Waals surface area contributed by atoms with Crippen LogP contribution in [0.25, 0.3) is 0 Å². The second-order valence-electron chi connectivity index (χ2n) is 7.76. The number of aryl methyl sites for hydroxylation is 1. The number of nitrogens with one attached hydrogen (secondary N) is 1. The van der Waals surface area contributed by atoms with Crippen LogP contribution in [0.5, 0.6) is 0 Å². The second kappa shape index (κ2) is 11.7. The fraction of sp³-hybridized carbons (Fsp3) is 0.364. The van der Waals surface area contributed by atoms with Crippen LogP contribution >= 0.6 is 23.2 Å². The number of hydrogen-bond acceptors (Lipinski definition) is 6. The maximum Gasteiger partial charge on any atom is 0.271 e. The standard InChI is InChI=1S/C22H26Cl2N4O6S/c1-5-19(22(30)25-3)26(12-16-17(23)7-6-8-18(16)24)21(29)13-27(35(4,33)34)20-11-15(28(31)32)10-9-14(20)2/h6-11,19H,5,12-13H2,1-4H3,(H,25,30). The summed E-state index contributed by atoms with van der Waals surface area (Å²) < 4.78 is 26.2. The summed E-state index contributed by atoms with van der Waals surface area (Å²) in [7, 11) is -2.63. The fourth-order valence-corrected chi connectivity index (χ4v) is 4.93. The van der Waals surface area contributed by atoms with Gasteiger partial charge in [-0.3, -0.25) is 24.0 Å². The van der Waals surface area contributed by atoms with Crippen molar-refractivity contribution in [3.8, 4) is 0 Å². The highest BCUT2D eigenvalue weighted by molar-refractivity contribution is 7.92. The number of likely N-dealkylation sites (N-methyl/N-ethyl adjacent to an activating group) is 1. The van der Waals surface area contributed by atoms with Crippen LogP contribution in [0.4, 0.5) is 11.4 Å². The summed E-state index contributed by atoms with van der Waals surface area (Å²) in [6.07, 6.45) is 1.12. The van der Waals surface area contributed by atoms with Crippen molar-refractivity contribution in [3.63, 3.8) is 0 Å². The molecule has 10 nitrogen and oxygen atoms in total. The SMILES string of the molecule is CCC(C(=O)NC)N(Cc1c(Cl)cccc1Cl)C(=O)CN(c1cc([N+](=O)[O-])ccc1C)S(C)(=O)=O. The van der Waals surface area contributed by atoms with Gasteiger partial charge in [0.2, 0.25) is 21.8 Å². The van der Waals surface area contributed by atoms with Crippen LogP contribution in [0, 0.1) is 17.0 Å². The normalized spacial score (nSPS) is 12.1. The van der Waals surface area contributed by atoms with Gasteiger partial charge in [0.15, 0.2) is 0 Å². The predicted molar refractivity (Wildman–Crippen MR) is 135 cm³/mol. The highest BCUT2D eigenvalue weighted by Crippen LogP contribution is 2.29. The van der Waals surface area contributed by atoms with Crippen molar-refractivity contribution in [1.82, 2.24) is 10.2 Å². The molecule has 0 saturated heterocycles. The van der Waals surface area contributed by atoms with E-state index in [-0.39, 0.29) is 34.4 Å². The Bertz CT molecular complexity index is 1220. The Labute approximate surface area is 214 Å². The maximum absolute atomic E-state index is 13.6. The predicted octanol–water partition coefficient (Wildman–Crippen LogP) is 3.53. The Kier molecular flexibility index (Phi) is 9.47. The number of benzene rings is 2. The van der Waals surface area contributed by atoms with Crippen molar-refractivity contribution in [2.75, 3.05) is 24.2 Å². The van der Waals surface area contributed by atoms with Crippen LogP contribution in [-0.4, -0.2) is 55.9 Å². The minimum absolute atomic E-state index is 0.0150. The van der Waals surface area contributed by atoms with Crippen LogP contribution in [0.15, 0.2) is 36.4 Å². The van der Waals surface area contributed by atoms with Gasteiger partial charge < -0.3 is 10.2 Å². The van der Waals surface area contributed by atoms with Crippen molar-refractivity contribution in [2.24, 2.45) is 0 Å². The van der Waals surface area contributed by atoms with E-state index in [1.54, 1.807) is 32.0 Å². The summed E-state index contributed by atoms with van der Waals surface area (Å²) in [4.78, 5) is 38.0. The number of sulfonamides is 1. The van der Waals surface area contributed by atoms with Crippen molar-refractivity contribution in [2.45, 2.75) is 32.9 Å². The molecule has 1 unspecified atom stereocenters. The highest BCUT2D eigenvalue weighted by atomic mass is 35.5. The monoisotopic (exact) mass is 544 g/mol. The first-order valence-electron chi connectivity index (χ1n) is 10.5. The number of amides is 2. The molecular weight excluding hydrogens is 519 g/mol. The molecule has 2 amide bonds. The van der Waals surface area contributed by atoms with Gasteiger partial charge in [0.1, 0.15) is 12.6 Å². The number of nitro benzene ring substituents is 1. The van der Waals surface area contributed by atoms with Crippen LogP contribution in [-0.2, 0) is 26.2 Å². The van der Waals surface area contributed by atoms with E-state index in [1.807, 2.05) is 0 Å². The summed E-state index contributed by atoms with van der Waals surface area (Å²) in [6.45, 7) is 2.42. The third kappa shape index (κ3) is 6.83. The molecule has 0 saturated carbocycles. The number of hydrogen-bond donors (Lipinski definition) is 1. The lowest BCUT2D eigenvalue weighted by molar-refractivity contribution is -0.384. The molecule has 0 spiro atoms. The summed E-state index contributed by atoms with van der Waals surface area (Å²) >= 11 is 12.6. The lowest BCUT2D eigenvalue weighted by atomic mass is 10.1. The van der Waals surface area contributed by atoms with Crippen molar-refractivity contribution < 1.29 is 22.9 Å². The van der Waals surface area contributed by atoms with Crippen LogP contribution < -0.4 is 9.62 Å². The Morgan fingerprint density at radius 1 is 1.17 bits per heavy atom. The first-order valence-corrected chi connectivity index (χ1v) is 13.1. The van der Waals surface area contributed by atoms with Crippen LogP contribution in [0.3, 0.4) is 0 Å². The zero-order chi connectivity index (χ0) is 26.5. The quantitative estimate of drug-likeness (QED) is 0.359. The van der Waals surface area contributed by atoms with E-state index in [0.717, 1.165) is 16.6 Å². The Balaban J connectivity index is 2.57. The smallest absolute Gasteiger partial charge is 0.271 e. The number of nitro groups is 1. The van der Waals surface area contributed by atoms with Gasteiger partial charge in [0.25, 0.3) is 5.69 Å². The van der Waals surface area contributed by atoms with Gasteiger partial charge in [-0.25, -0.2) is 8.42 Å². The molecule has 2 rings (SSSR count). The Morgan fingerprint density at radius 2 is 1.77 bits per heavy atom. The zero-order valence-electron chi connectivity index (χ0n) is 19.6. The molecule has 2 aromatic carbocycles. The fourth-order valence-electron chi connectivity index (χ4n) is 3.51. The van der Waals surface area contributed by atoms with Crippen molar-refractivity contribution >= 4 is 56.4 Å². The molecule has 190 valence electrons. The lowest BCUT2D eigenvalue weighted by Gasteiger charge is -2.33. The zero-order valence-corrected chi connectivity index (χ0v) is 21.9. The molecule has 0 bridgehead atoms. The van der Waals surface area contributed by atoms with Gasteiger partial charge in [0.05, 0.1) is 16.9 Å². The molecule has 13 heteroatoms. The van der Waals surface area contributed by atoms with Crippen molar-refractivity contribution in [3.05, 3.63) is 67.7 Å². The third-order valence-electron chi connectivity index (χ3n) is 5.37. The minimum Gasteiger partial charge on any atom is -0.357 e. The van der Waals surface area contributed by atoms with Gasteiger partial charge in [-0.1, -0.05) is 42.3 Å². The average molecular weight is 545 g/mol. The molecule has 0 aliphatic rings. The highest BCUT2D eigenvalue weighted by Gasteiger charge is 2.33. The number of carbonyl (C=O) groups is 2. The molecule has 0 aliphatic carbocycles. The molecule has 1 N–H and O–H groups in total. The number of non-ortho nitro benzene ring substituents is 1. The minimum atomic E-state index is -4.05. The molecule has 1 atom stereocenters. The number of anilines is 1. The van der Waals surface area contributed by atoms with Crippen LogP contribution in [0.2, 0.25) is 10.0 Å². The first kappa shape index (κ1) is 28.3. The van der Waals surface area contributed by atoms with E-state index in [0.29, 0.717) is 11.1 Å². The number of halogens is 2. The van der Waals surface area contributed by atoms with E-state index in [2.05, 4.69) is 5.32 Å². The second-order valence-corrected chi connectivity index (χ2v) is 10.5. The van der Waals surface area contributed by atoms with Crippen LogP contribution in [0.1, 0.15) is 24.5 Å². The number of carbonyl (C=O) groups excluding carboxylic acids is 2. The summed E-state index contributed by atoms with van der Waals surface area (Å²) in [5, 5.41) is 14.3. The molecular formula is C22H26Cl2N4O6S. The Hall–Kier alpha value is -2.89. The van der Waals surface area contributed by atoms with Gasteiger partial charge in [-0.15, -0.1) is 0 Å². The van der Waals surface area contributed by atoms with Gasteiger partial charge >= 0.3 is 0 Å². The third-order valence-corrected chi connectivity index (χ3v) is 7.21. The van der Waals surface area contributed by atoms with E-state index in [1.165, 1.54) is 24.1 Å². The maximum atomic E-state index is 13.6. The average Bonchev–Trinajstić information content (AvgIpc) is 2.78. The van der Waals surface area contributed by atoms with E-state index in [9.17, 15) is 28.1 Å². The number of rotatable bonds is 10. The summed E-state index contributed by atoms with van der Waals surface area (Å²) in [5.41, 5.74) is 0.457. The van der Waals surface area contributed by atoms with Gasteiger partial charge in [0, 0.05) is 41.3 Å². The van der Waals surface area contributed by atoms with Gasteiger partial charge in [-0.05, 0) is 31.0 Å². The number of nitrogens with zero attached hydrogens (tertiary/aromatic N) is 3. The molecule has 0 fully saturated rings. The van der Waals surface area contributed by atoms with Gasteiger partial charge in [-0.2, -0.15) is 0 Å². The topological polar surface area (TPSA) is 130 Å². The molecule has 0 aliphatic heterocycles. The Morgan fingerprint density at radius 3 is 2.26 bits per heavy atom. The molecule has 0 aromatic heterocycles. The molecule has 35 heavy (non-hydrogen) atoms. The largest absolute Gasteiger partial charge is 0.357 e. The summed E-state index contributed by atoms with van der Waals surface area (Å²) in [5.74, 6) is -1.17. The van der Waals surface area contributed by atoms with E-state index < -0.39 is 39.3 Å². The van der Waals surface area contributed by atoms with Crippen molar-refractivity contribution in [1.29, 1.82) is 0 Å². The molecule has 0 radical (unpaired) electrons. The molecule has 2 aromatic rings. The van der Waals surface area contributed by atoms with E-state index >= 15 is 0 Å². The summed E-state index contributed by atoms with van der Waals surface area (Å²) in [6, 6.07) is 7.58. The first-order chi connectivity index (χ1) is 16.3. The lowest BCUT2D eigenvalue weighted by Crippen LogP contribution is -2.51. The van der Waals surface area contributed by atoms with E-state index in [4.69, 9.17) is 23.2 Å². The molecule has 0 heterocycles.